The molecule has 1 atom stereocenters. The summed E-state index contributed by atoms with van der Waals surface area (Å²) in [5, 5.41) is 7.23. The van der Waals surface area contributed by atoms with E-state index in [2.05, 4.69) is 61.7 Å². The highest BCUT2D eigenvalue weighted by Gasteiger charge is 2.31. The number of benzene rings is 1. The molecule has 0 aliphatic heterocycles. The lowest BCUT2D eigenvalue weighted by Gasteiger charge is -2.23. The average Bonchev–Trinajstić information content (AvgIpc) is 3.13. The first-order chi connectivity index (χ1) is 8.56. The Balaban J connectivity index is 1.81. The molecule has 0 heterocycles. The van der Waals surface area contributed by atoms with Gasteiger partial charge in [0.25, 0.3) is 0 Å². The minimum atomic E-state index is 0.212. The smallest absolute Gasteiger partial charge is 0.0349 e. The molecule has 1 aromatic rings. The van der Waals surface area contributed by atoms with Gasteiger partial charge >= 0.3 is 0 Å². The monoisotopic (exact) mass is 246 g/mol. The fourth-order valence-electron chi connectivity index (χ4n) is 2.31. The fourth-order valence-corrected chi connectivity index (χ4v) is 2.31. The molecule has 0 radical (unpaired) electrons. The number of hydrogen-bond donors (Lipinski definition) is 2. The molecule has 0 saturated heterocycles. The Hall–Kier alpha value is -0.860. The lowest BCUT2D eigenvalue weighted by molar-refractivity contribution is 0.401. The van der Waals surface area contributed by atoms with Gasteiger partial charge in [0.2, 0.25) is 0 Å². The standard InChI is InChI=1S/C16H26N2/c1-16(2,3)18-12-11-17-15(14-9-10-14)13-7-5-4-6-8-13/h4-8,14-15,17-18H,9-12H2,1-3H3. The summed E-state index contributed by atoms with van der Waals surface area (Å²) in [4.78, 5) is 0. The van der Waals surface area contributed by atoms with Crippen LogP contribution in [0.4, 0.5) is 0 Å². The molecule has 2 heteroatoms. The normalized spacial score (nSPS) is 17.7. The van der Waals surface area contributed by atoms with Crippen LogP contribution in [0.3, 0.4) is 0 Å². The van der Waals surface area contributed by atoms with Gasteiger partial charge in [-0.15, -0.1) is 0 Å². The zero-order valence-corrected chi connectivity index (χ0v) is 11.9. The van der Waals surface area contributed by atoms with Crippen LogP contribution in [-0.4, -0.2) is 18.6 Å². The van der Waals surface area contributed by atoms with E-state index < -0.39 is 0 Å². The molecule has 18 heavy (non-hydrogen) atoms. The summed E-state index contributed by atoms with van der Waals surface area (Å²) in [6.07, 6.45) is 2.75. The molecule has 1 fully saturated rings. The fraction of sp³-hybridized carbons (Fsp3) is 0.625. The minimum absolute atomic E-state index is 0.212. The van der Waals surface area contributed by atoms with Crippen molar-refractivity contribution in [2.45, 2.75) is 45.2 Å². The van der Waals surface area contributed by atoms with Gasteiger partial charge < -0.3 is 10.6 Å². The lowest BCUT2D eigenvalue weighted by Crippen LogP contribution is -2.41. The van der Waals surface area contributed by atoms with Crippen LogP contribution in [0.1, 0.15) is 45.2 Å². The SMILES string of the molecule is CC(C)(C)NCCNC(c1ccccc1)C1CC1. The first-order valence-corrected chi connectivity index (χ1v) is 7.09. The van der Waals surface area contributed by atoms with Crippen LogP contribution >= 0.6 is 0 Å². The Labute approximate surface area is 111 Å². The molecule has 2 rings (SSSR count). The maximum absolute atomic E-state index is 3.71. The average molecular weight is 246 g/mol. The molecule has 0 amide bonds. The Morgan fingerprint density at radius 1 is 1.11 bits per heavy atom. The van der Waals surface area contributed by atoms with Gasteiger partial charge in [-0.05, 0) is 45.1 Å². The summed E-state index contributed by atoms with van der Waals surface area (Å²) in [6.45, 7) is 8.70. The first-order valence-electron chi connectivity index (χ1n) is 7.09. The molecule has 0 aromatic heterocycles. The van der Waals surface area contributed by atoms with Gasteiger partial charge in [-0.1, -0.05) is 30.3 Å². The third kappa shape index (κ3) is 4.43. The highest BCUT2D eigenvalue weighted by molar-refractivity contribution is 5.21. The predicted octanol–water partition coefficient (Wildman–Crippen LogP) is 3.12. The van der Waals surface area contributed by atoms with Crippen molar-refractivity contribution < 1.29 is 0 Å². The molecule has 0 bridgehead atoms. The van der Waals surface area contributed by atoms with Crippen molar-refractivity contribution in [3.63, 3.8) is 0 Å². The second-order valence-electron chi connectivity index (χ2n) is 6.36. The van der Waals surface area contributed by atoms with Crippen LogP contribution in [0, 0.1) is 5.92 Å². The van der Waals surface area contributed by atoms with E-state index in [4.69, 9.17) is 0 Å². The number of rotatable bonds is 6. The largest absolute Gasteiger partial charge is 0.311 e. The van der Waals surface area contributed by atoms with Gasteiger partial charge in [0.1, 0.15) is 0 Å². The van der Waals surface area contributed by atoms with E-state index >= 15 is 0 Å². The quantitative estimate of drug-likeness (QED) is 0.754. The highest BCUT2D eigenvalue weighted by Crippen LogP contribution is 2.40. The predicted molar refractivity (Wildman–Crippen MR) is 77.7 cm³/mol. The van der Waals surface area contributed by atoms with Gasteiger partial charge in [-0.2, -0.15) is 0 Å². The van der Waals surface area contributed by atoms with E-state index in [1.54, 1.807) is 0 Å². The van der Waals surface area contributed by atoms with Gasteiger partial charge in [0, 0.05) is 24.7 Å². The lowest BCUT2D eigenvalue weighted by atomic mass is 10.0. The third-order valence-corrected chi connectivity index (χ3v) is 3.40. The molecule has 1 aliphatic carbocycles. The summed E-state index contributed by atoms with van der Waals surface area (Å²) in [5.41, 5.74) is 1.65. The van der Waals surface area contributed by atoms with Crippen LogP contribution in [0.5, 0.6) is 0 Å². The third-order valence-electron chi connectivity index (χ3n) is 3.40. The van der Waals surface area contributed by atoms with E-state index in [1.165, 1.54) is 18.4 Å². The summed E-state index contributed by atoms with van der Waals surface area (Å²) in [6, 6.07) is 11.4. The first kappa shape index (κ1) is 13.6. The van der Waals surface area contributed by atoms with Gasteiger partial charge in [-0.3, -0.25) is 0 Å². The van der Waals surface area contributed by atoms with Crippen LogP contribution in [0.25, 0.3) is 0 Å². The van der Waals surface area contributed by atoms with E-state index in [0.717, 1.165) is 19.0 Å². The van der Waals surface area contributed by atoms with E-state index in [1.807, 2.05) is 0 Å². The topological polar surface area (TPSA) is 24.1 Å². The minimum Gasteiger partial charge on any atom is -0.311 e. The Morgan fingerprint density at radius 2 is 1.78 bits per heavy atom. The summed E-state index contributed by atoms with van der Waals surface area (Å²) in [5.74, 6) is 0.849. The van der Waals surface area contributed by atoms with Crippen molar-refractivity contribution in [1.82, 2.24) is 10.6 Å². The molecule has 100 valence electrons. The van der Waals surface area contributed by atoms with Crippen LogP contribution < -0.4 is 10.6 Å². The highest BCUT2D eigenvalue weighted by atomic mass is 15.0. The molecule has 0 spiro atoms. The molecule has 1 aliphatic rings. The maximum Gasteiger partial charge on any atom is 0.0349 e. The van der Waals surface area contributed by atoms with Crippen molar-refractivity contribution in [2.24, 2.45) is 5.92 Å². The zero-order valence-electron chi connectivity index (χ0n) is 11.9. The molecule has 2 nitrogen and oxygen atoms in total. The summed E-state index contributed by atoms with van der Waals surface area (Å²) >= 11 is 0. The Kier molecular flexibility index (Phi) is 4.41. The summed E-state index contributed by atoms with van der Waals surface area (Å²) in [7, 11) is 0. The molecular weight excluding hydrogens is 220 g/mol. The molecular formula is C16H26N2. The molecule has 2 N–H and O–H groups in total. The molecule has 1 aromatic carbocycles. The van der Waals surface area contributed by atoms with Crippen molar-refractivity contribution in [3.8, 4) is 0 Å². The van der Waals surface area contributed by atoms with Crippen LogP contribution in [-0.2, 0) is 0 Å². The zero-order chi connectivity index (χ0) is 13.0. The van der Waals surface area contributed by atoms with Crippen molar-refractivity contribution in [2.75, 3.05) is 13.1 Å². The second-order valence-corrected chi connectivity index (χ2v) is 6.36. The van der Waals surface area contributed by atoms with Crippen LogP contribution in [0.2, 0.25) is 0 Å². The van der Waals surface area contributed by atoms with Gasteiger partial charge in [0.15, 0.2) is 0 Å². The van der Waals surface area contributed by atoms with E-state index in [-0.39, 0.29) is 5.54 Å². The Morgan fingerprint density at radius 3 is 2.33 bits per heavy atom. The molecule has 1 unspecified atom stereocenters. The Bertz CT molecular complexity index is 349. The number of nitrogens with one attached hydrogen (secondary N) is 2. The molecule has 1 saturated carbocycles. The van der Waals surface area contributed by atoms with Crippen molar-refractivity contribution in [1.29, 1.82) is 0 Å². The van der Waals surface area contributed by atoms with Gasteiger partial charge in [-0.25, -0.2) is 0 Å². The maximum atomic E-state index is 3.71. The van der Waals surface area contributed by atoms with E-state index in [9.17, 15) is 0 Å². The number of hydrogen-bond acceptors (Lipinski definition) is 2. The second kappa shape index (κ2) is 5.85. The van der Waals surface area contributed by atoms with Crippen molar-refractivity contribution >= 4 is 0 Å². The van der Waals surface area contributed by atoms with Gasteiger partial charge in [0.05, 0.1) is 0 Å². The summed E-state index contributed by atoms with van der Waals surface area (Å²) < 4.78 is 0. The van der Waals surface area contributed by atoms with Crippen molar-refractivity contribution in [3.05, 3.63) is 35.9 Å². The van der Waals surface area contributed by atoms with E-state index in [0.29, 0.717) is 6.04 Å². The van der Waals surface area contributed by atoms with Crippen LogP contribution in [0.15, 0.2) is 30.3 Å².